The summed E-state index contributed by atoms with van der Waals surface area (Å²) in [4.78, 5) is 25.5. The zero-order valence-electron chi connectivity index (χ0n) is 19.1. The molecule has 0 heterocycles. The molecular formula is C26H38O3. The third-order valence-electron chi connectivity index (χ3n) is 10.7. The van der Waals surface area contributed by atoms with Gasteiger partial charge in [0.15, 0.2) is 0 Å². The van der Waals surface area contributed by atoms with E-state index < -0.39 is 5.41 Å². The van der Waals surface area contributed by atoms with Crippen LogP contribution in [0.5, 0.6) is 0 Å². The normalized spacial score (nSPS) is 51.8. The van der Waals surface area contributed by atoms with Crippen LogP contribution in [0.15, 0.2) is 11.6 Å². The molecule has 0 aromatic heterocycles. The lowest BCUT2D eigenvalue weighted by atomic mass is 9.41. The predicted molar refractivity (Wildman–Crippen MR) is 113 cm³/mol. The zero-order chi connectivity index (χ0) is 21.0. The highest BCUT2D eigenvalue weighted by atomic mass is 16.6. The Morgan fingerprint density at radius 2 is 1.90 bits per heavy atom. The topological polar surface area (TPSA) is 43.4 Å². The van der Waals surface area contributed by atoms with Crippen molar-refractivity contribution >= 4 is 11.9 Å². The maximum absolute atomic E-state index is 13.3. The van der Waals surface area contributed by atoms with Gasteiger partial charge in [0.05, 0.1) is 5.41 Å². The Labute approximate surface area is 176 Å². The third kappa shape index (κ3) is 2.26. The third-order valence-corrected chi connectivity index (χ3v) is 10.7. The molecule has 8 unspecified atom stereocenters. The van der Waals surface area contributed by atoms with E-state index in [0.29, 0.717) is 17.3 Å². The summed E-state index contributed by atoms with van der Waals surface area (Å²) >= 11 is 0. The average molecular weight is 399 g/mol. The molecule has 0 N–H and O–H groups in total. The van der Waals surface area contributed by atoms with Crippen LogP contribution in [0.4, 0.5) is 0 Å². The molecule has 6 aliphatic carbocycles. The lowest BCUT2D eigenvalue weighted by Gasteiger charge is -2.62. The maximum Gasteiger partial charge on any atom is 0.319 e. The highest BCUT2D eigenvalue weighted by molar-refractivity contribution is 5.89. The summed E-state index contributed by atoms with van der Waals surface area (Å²) in [5.41, 5.74) is 2.13. The van der Waals surface area contributed by atoms with Crippen LogP contribution < -0.4 is 0 Å². The van der Waals surface area contributed by atoms with Crippen molar-refractivity contribution < 1.29 is 14.3 Å². The molecule has 29 heavy (non-hydrogen) atoms. The van der Waals surface area contributed by atoms with Crippen molar-refractivity contribution in [3.63, 3.8) is 0 Å². The van der Waals surface area contributed by atoms with Gasteiger partial charge in [0.25, 0.3) is 0 Å². The van der Waals surface area contributed by atoms with Gasteiger partial charge in [-0.05, 0) is 84.9 Å². The molecule has 0 radical (unpaired) electrons. The van der Waals surface area contributed by atoms with Crippen molar-refractivity contribution in [3.8, 4) is 0 Å². The SMILES string of the molecule is CC(C)CC(=O)OC(=O)C1(C)CCCC2(C)C3=CC4C5CC3(CCC12)C(C)C45C. The van der Waals surface area contributed by atoms with E-state index in [4.69, 9.17) is 4.74 Å². The quantitative estimate of drug-likeness (QED) is 0.336. The first-order valence-electron chi connectivity index (χ1n) is 12.0. The van der Waals surface area contributed by atoms with Gasteiger partial charge in [-0.2, -0.15) is 0 Å². The summed E-state index contributed by atoms with van der Waals surface area (Å²) < 4.78 is 5.44. The van der Waals surface area contributed by atoms with Crippen molar-refractivity contribution in [1.29, 1.82) is 0 Å². The molecule has 3 heteroatoms. The van der Waals surface area contributed by atoms with E-state index in [1.807, 2.05) is 13.8 Å². The number of esters is 2. The van der Waals surface area contributed by atoms with Gasteiger partial charge in [-0.25, -0.2) is 0 Å². The van der Waals surface area contributed by atoms with Gasteiger partial charge in [-0.1, -0.05) is 52.7 Å². The van der Waals surface area contributed by atoms with E-state index in [9.17, 15) is 9.59 Å². The lowest BCUT2D eigenvalue weighted by Crippen LogP contribution is -2.57. The van der Waals surface area contributed by atoms with Crippen molar-refractivity contribution in [2.75, 3.05) is 0 Å². The van der Waals surface area contributed by atoms with Gasteiger partial charge in [0.2, 0.25) is 0 Å². The van der Waals surface area contributed by atoms with E-state index in [-0.39, 0.29) is 29.2 Å². The van der Waals surface area contributed by atoms with Gasteiger partial charge in [-0.15, -0.1) is 0 Å². The first-order chi connectivity index (χ1) is 13.5. The molecule has 0 aliphatic heterocycles. The average Bonchev–Trinajstić information content (AvgIpc) is 3.16. The van der Waals surface area contributed by atoms with Gasteiger partial charge < -0.3 is 4.74 Å². The minimum absolute atomic E-state index is 0.0779. The van der Waals surface area contributed by atoms with Crippen LogP contribution in [0.2, 0.25) is 0 Å². The molecular weight excluding hydrogens is 360 g/mol. The molecule has 4 bridgehead atoms. The number of hydrogen-bond donors (Lipinski definition) is 0. The number of hydrogen-bond acceptors (Lipinski definition) is 3. The van der Waals surface area contributed by atoms with Crippen LogP contribution in [0, 0.1) is 51.2 Å². The van der Waals surface area contributed by atoms with Crippen molar-refractivity contribution in [2.24, 2.45) is 51.2 Å². The Bertz CT molecular complexity index is 811. The molecule has 1 spiro atoms. The smallest absolute Gasteiger partial charge is 0.319 e. The van der Waals surface area contributed by atoms with Gasteiger partial charge >= 0.3 is 11.9 Å². The summed E-state index contributed by atoms with van der Waals surface area (Å²) in [5, 5.41) is 0. The van der Waals surface area contributed by atoms with E-state index in [1.54, 1.807) is 5.57 Å². The van der Waals surface area contributed by atoms with Crippen molar-refractivity contribution in [3.05, 3.63) is 11.6 Å². The molecule has 0 aromatic carbocycles. The first-order valence-corrected chi connectivity index (χ1v) is 12.0. The fourth-order valence-electron chi connectivity index (χ4n) is 9.05. The Balaban J connectivity index is 1.46. The molecule has 6 aliphatic rings. The van der Waals surface area contributed by atoms with Crippen LogP contribution in [-0.4, -0.2) is 11.9 Å². The van der Waals surface area contributed by atoms with E-state index >= 15 is 0 Å². The van der Waals surface area contributed by atoms with Crippen molar-refractivity contribution in [2.45, 2.75) is 86.5 Å². The van der Waals surface area contributed by atoms with Gasteiger partial charge in [0, 0.05) is 6.42 Å². The highest BCUT2D eigenvalue weighted by Gasteiger charge is 2.79. The first kappa shape index (κ1) is 19.8. The van der Waals surface area contributed by atoms with Crippen LogP contribution in [0.1, 0.15) is 86.5 Å². The van der Waals surface area contributed by atoms with Gasteiger partial charge in [-0.3, -0.25) is 9.59 Å². The number of allylic oxidation sites excluding steroid dienone is 2. The largest absolute Gasteiger partial charge is 0.393 e. The van der Waals surface area contributed by atoms with Crippen molar-refractivity contribution in [1.82, 2.24) is 0 Å². The summed E-state index contributed by atoms with van der Waals surface area (Å²) in [7, 11) is 0. The molecule has 3 nitrogen and oxygen atoms in total. The van der Waals surface area contributed by atoms with Crippen LogP contribution >= 0.6 is 0 Å². The molecule has 8 atom stereocenters. The monoisotopic (exact) mass is 398 g/mol. The second-order valence-corrected chi connectivity index (χ2v) is 12.3. The number of fused-ring (bicyclic) bond motifs is 1. The predicted octanol–water partition coefficient (Wildman–Crippen LogP) is 5.93. The second-order valence-electron chi connectivity index (χ2n) is 12.3. The summed E-state index contributed by atoms with van der Waals surface area (Å²) in [6.07, 6.45) is 9.73. The highest BCUT2D eigenvalue weighted by Crippen LogP contribution is 2.85. The molecule has 0 aromatic rings. The lowest BCUT2D eigenvalue weighted by molar-refractivity contribution is -0.177. The van der Waals surface area contributed by atoms with E-state index in [2.05, 4.69) is 33.8 Å². The zero-order valence-corrected chi connectivity index (χ0v) is 19.1. The Morgan fingerprint density at radius 1 is 1.17 bits per heavy atom. The summed E-state index contributed by atoms with van der Waals surface area (Å²) in [6, 6.07) is 0. The second kappa shape index (κ2) is 5.77. The Hall–Kier alpha value is -1.12. The van der Waals surface area contributed by atoms with Crippen LogP contribution in [-0.2, 0) is 14.3 Å². The molecule has 0 saturated heterocycles. The van der Waals surface area contributed by atoms with Gasteiger partial charge in [0.1, 0.15) is 0 Å². The molecule has 6 rings (SSSR count). The van der Waals surface area contributed by atoms with Crippen LogP contribution in [0.25, 0.3) is 0 Å². The van der Waals surface area contributed by atoms with E-state index in [0.717, 1.165) is 37.0 Å². The fourth-order valence-corrected chi connectivity index (χ4v) is 9.05. The minimum atomic E-state index is -0.543. The summed E-state index contributed by atoms with van der Waals surface area (Å²) in [6.45, 7) is 13.5. The number of rotatable bonds is 3. The Morgan fingerprint density at radius 3 is 2.52 bits per heavy atom. The minimum Gasteiger partial charge on any atom is -0.393 e. The number of carbonyl (C=O) groups is 2. The molecule has 4 fully saturated rings. The van der Waals surface area contributed by atoms with Crippen LogP contribution in [0.3, 0.4) is 0 Å². The van der Waals surface area contributed by atoms with E-state index in [1.165, 1.54) is 19.3 Å². The number of ether oxygens (including phenoxy) is 1. The summed E-state index contributed by atoms with van der Waals surface area (Å²) in [5.74, 6) is 2.30. The molecule has 0 amide bonds. The maximum atomic E-state index is 13.3. The number of carbonyl (C=O) groups excluding carboxylic acids is 2. The molecule has 4 saturated carbocycles. The Kier molecular flexibility index (Phi) is 3.94. The fraction of sp³-hybridized carbons (Fsp3) is 0.846. The standard InChI is InChI=1S/C26H38O3/c1-15(2)12-21(27)29-22(28)24(5)10-7-9-23(4)19(24)8-11-26-14-18-17(13-20(23)26)25(18,6)16(26)3/h13,15-19H,7-12,14H2,1-6H3. The molecule has 160 valence electrons.